The summed E-state index contributed by atoms with van der Waals surface area (Å²) in [6.45, 7) is 1.81. The van der Waals surface area contributed by atoms with E-state index in [1.807, 2.05) is 0 Å². The van der Waals surface area contributed by atoms with Crippen molar-refractivity contribution in [1.29, 1.82) is 0 Å². The first-order chi connectivity index (χ1) is 10.5. The highest BCUT2D eigenvalue weighted by atomic mass is 16.6. The summed E-state index contributed by atoms with van der Waals surface area (Å²) in [4.78, 5) is 35.6. The smallest absolute Gasteiger partial charge is 0.334 e. The molecule has 1 saturated carbocycles. The van der Waals surface area contributed by atoms with E-state index in [0.717, 1.165) is 0 Å². The summed E-state index contributed by atoms with van der Waals surface area (Å²) >= 11 is 0. The zero-order chi connectivity index (χ0) is 15.5. The first-order valence-electron chi connectivity index (χ1n) is 6.95. The van der Waals surface area contributed by atoms with Gasteiger partial charge in [-0.3, -0.25) is 14.9 Å². The molecule has 2 aliphatic heterocycles. The Kier molecular flexibility index (Phi) is 2.52. The molecule has 1 N–H and O–H groups in total. The molecular formula is C15H13NO6. The predicted octanol–water partition coefficient (Wildman–Crippen LogP) is 0.514. The highest BCUT2D eigenvalue weighted by Crippen LogP contribution is 2.58. The summed E-state index contributed by atoms with van der Waals surface area (Å²) in [7, 11) is 0. The van der Waals surface area contributed by atoms with Gasteiger partial charge in [0.05, 0.1) is 30.1 Å². The highest BCUT2D eigenvalue weighted by Gasteiger charge is 2.73. The molecule has 0 radical (unpaired) electrons. The van der Waals surface area contributed by atoms with Crippen molar-refractivity contribution in [2.24, 2.45) is 17.8 Å². The van der Waals surface area contributed by atoms with Crippen molar-refractivity contribution in [3.8, 4) is 0 Å². The minimum atomic E-state index is -1.04. The van der Waals surface area contributed by atoms with Gasteiger partial charge in [0.2, 0.25) is 11.8 Å². The van der Waals surface area contributed by atoms with Crippen LogP contribution in [0.1, 0.15) is 12.7 Å². The number of furan rings is 1. The van der Waals surface area contributed by atoms with E-state index in [2.05, 4.69) is 5.32 Å². The number of hydrogen-bond donors (Lipinski definition) is 1. The number of ether oxygens (including phenoxy) is 2. The molecule has 2 fully saturated rings. The standard InChI is InChI=1S/C15H13NO6/c1-15-11(10-12(15)14(19)16-13(10)18)8(5-9(17)22-15)21-6-7-3-2-4-20-7/h2-5,10-12H,6H2,1H3,(H,16,18,19)/t10-,11+,12+,15+/m1/s1. The molecule has 1 aromatic heterocycles. The average Bonchev–Trinajstić information content (AvgIpc) is 3.01. The Hall–Kier alpha value is -2.57. The minimum absolute atomic E-state index is 0.144. The summed E-state index contributed by atoms with van der Waals surface area (Å²) in [5.41, 5.74) is -1.04. The molecule has 4 rings (SSSR count). The van der Waals surface area contributed by atoms with Gasteiger partial charge in [0.1, 0.15) is 23.7 Å². The van der Waals surface area contributed by atoms with Crippen molar-refractivity contribution in [2.75, 3.05) is 0 Å². The van der Waals surface area contributed by atoms with Gasteiger partial charge in [0.15, 0.2) is 0 Å². The SMILES string of the molecule is C[C@]12OC(=O)C=C(OCc3ccco3)[C@H]1[C@H]1C(=O)NC(=O)[C@H]12. The molecule has 7 heteroatoms. The van der Waals surface area contributed by atoms with E-state index < -0.39 is 35.2 Å². The summed E-state index contributed by atoms with van der Waals surface area (Å²) in [6, 6.07) is 3.48. The average molecular weight is 303 g/mol. The molecule has 0 bridgehead atoms. The molecule has 22 heavy (non-hydrogen) atoms. The Labute approximate surface area is 125 Å². The number of hydrogen-bond acceptors (Lipinski definition) is 6. The Morgan fingerprint density at radius 2 is 2.09 bits per heavy atom. The second-order valence-electron chi connectivity index (χ2n) is 5.85. The van der Waals surface area contributed by atoms with Crippen molar-refractivity contribution >= 4 is 17.8 Å². The van der Waals surface area contributed by atoms with Crippen molar-refractivity contribution in [3.05, 3.63) is 36.0 Å². The van der Waals surface area contributed by atoms with Crippen LogP contribution in [0, 0.1) is 17.8 Å². The normalized spacial score (nSPS) is 35.8. The quantitative estimate of drug-likeness (QED) is 0.646. The summed E-state index contributed by atoms with van der Waals surface area (Å²) in [6.07, 6.45) is 2.76. The number of nitrogens with one attached hydrogen (secondary N) is 1. The maximum atomic E-state index is 11.9. The Morgan fingerprint density at radius 1 is 1.27 bits per heavy atom. The molecule has 7 nitrogen and oxygen atoms in total. The lowest BCUT2D eigenvalue weighted by Gasteiger charge is -2.54. The number of fused-ring (bicyclic) bond motifs is 4. The highest BCUT2D eigenvalue weighted by molar-refractivity contribution is 6.08. The molecule has 1 aromatic rings. The van der Waals surface area contributed by atoms with Gasteiger partial charge in [0, 0.05) is 0 Å². The van der Waals surface area contributed by atoms with E-state index in [1.165, 1.54) is 12.3 Å². The van der Waals surface area contributed by atoms with Crippen LogP contribution in [0.3, 0.4) is 0 Å². The molecule has 2 amide bonds. The lowest BCUT2D eigenvalue weighted by Crippen LogP contribution is -2.66. The van der Waals surface area contributed by atoms with Crippen LogP contribution < -0.4 is 5.32 Å². The Balaban J connectivity index is 1.63. The third-order valence-electron chi connectivity index (χ3n) is 4.63. The van der Waals surface area contributed by atoms with Crippen molar-refractivity contribution in [3.63, 3.8) is 0 Å². The maximum absolute atomic E-state index is 11.9. The van der Waals surface area contributed by atoms with Crippen molar-refractivity contribution in [2.45, 2.75) is 19.1 Å². The second-order valence-corrected chi connectivity index (χ2v) is 5.85. The van der Waals surface area contributed by atoms with Crippen LogP contribution in [-0.2, 0) is 30.5 Å². The monoisotopic (exact) mass is 303 g/mol. The summed E-state index contributed by atoms with van der Waals surface area (Å²) < 4.78 is 16.2. The van der Waals surface area contributed by atoms with Crippen molar-refractivity contribution in [1.82, 2.24) is 5.32 Å². The predicted molar refractivity (Wildman–Crippen MR) is 69.7 cm³/mol. The fourth-order valence-electron chi connectivity index (χ4n) is 3.71. The molecular weight excluding hydrogens is 290 g/mol. The van der Waals surface area contributed by atoms with Gasteiger partial charge in [-0.1, -0.05) is 0 Å². The van der Waals surface area contributed by atoms with E-state index in [-0.39, 0.29) is 12.5 Å². The van der Waals surface area contributed by atoms with Crippen LogP contribution in [0.5, 0.6) is 0 Å². The molecule has 3 aliphatic rings. The van der Waals surface area contributed by atoms with Crippen LogP contribution in [0.4, 0.5) is 0 Å². The Bertz CT molecular complexity index is 706. The van der Waals surface area contributed by atoms with Crippen LogP contribution >= 0.6 is 0 Å². The van der Waals surface area contributed by atoms with Crippen LogP contribution in [0.15, 0.2) is 34.6 Å². The van der Waals surface area contributed by atoms with E-state index in [0.29, 0.717) is 11.5 Å². The molecule has 1 aliphatic carbocycles. The number of carbonyl (C=O) groups is 3. The lowest BCUT2D eigenvalue weighted by atomic mass is 9.53. The zero-order valence-corrected chi connectivity index (χ0v) is 11.7. The van der Waals surface area contributed by atoms with Gasteiger partial charge in [-0.05, 0) is 19.1 Å². The molecule has 0 unspecified atom stereocenters. The molecule has 114 valence electrons. The number of carbonyl (C=O) groups excluding carboxylic acids is 3. The fraction of sp³-hybridized carbons (Fsp3) is 0.400. The molecule has 0 spiro atoms. The summed E-state index contributed by atoms with van der Waals surface area (Å²) in [5, 5.41) is 2.29. The van der Waals surface area contributed by atoms with E-state index in [9.17, 15) is 14.4 Å². The van der Waals surface area contributed by atoms with Crippen molar-refractivity contribution < 1.29 is 28.3 Å². The largest absolute Gasteiger partial charge is 0.489 e. The van der Waals surface area contributed by atoms with Crippen LogP contribution in [0.25, 0.3) is 0 Å². The minimum Gasteiger partial charge on any atom is -0.489 e. The number of imide groups is 1. The molecule has 1 saturated heterocycles. The van der Waals surface area contributed by atoms with E-state index in [4.69, 9.17) is 13.9 Å². The van der Waals surface area contributed by atoms with E-state index >= 15 is 0 Å². The fourth-order valence-corrected chi connectivity index (χ4v) is 3.71. The summed E-state index contributed by atoms with van der Waals surface area (Å²) in [5.74, 6) is -1.99. The van der Waals surface area contributed by atoms with E-state index in [1.54, 1.807) is 19.1 Å². The van der Waals surface area contributed by atoms with Gasteiger partial charge < -0.3 is 13.9 Å². The number of rotatable bonds is 3. The molecule has 3 heterocycles. The third kappa shape index (κ3) is 1.59. The topological polar surface area (TPSA) is 94.8 Å². The van der Waals surface area contributed by atoms with Crippen LogP contribution in [0.2, 0.25) is 0 Å². The zero-order valence-electron chi connectivity index (χ0n) is 11.7. The third-order valence-corrected chi connectivity index (χ3v) is 4.63. The van der Waals surface area contributed by atoms with Gasteiger partial charge in [-0.25, -0.2) is 4.79 Å². The molecule has 4 atom stereocenters. The first-order valence-corrected chi connectivity index (χ1v) is 6.95. The number of esters is 1. The van der Waals surface area contributed by atoms with Gasteiger partial charge >= 0.3 is 5.97 Å². The van der Waals surface area contributed by atoms with Gasteiger partial charge in [-0.2, -0.15) is 0 Å². The number of amides is 2. The Morgan fingerprint density at radius 3 is 2.82 bits per heavy atom. The van der Waals surface area contributed by atoms with Gasteiger partial charge in [-0.15, -0.1) is 0 Å². The van der Waals surface area contributed by atoms with Crippen LogP contribution in [-0.4, -0.2) is 23.4 Å². The first kappa shape index (κ1) is 13.1. The second kappa shape index (κ2) is 4.22. The lowest BCUT2D eigenvalue weighted by molar-refractivity contribution is -0.212. The maximum Gasteiger partial charge on any atom is 0.334 e. The van der Waals surface area contributed by atoms with Gasteiger partial charge in [0.25, 0.3) is 0 Å². The molecule has 0 aromatic carbocycles.